The van der Waals surface area contributed by atoms with Crippen molar-refractivity contribution in [3.63, 3.8) is 0 Å². The van der Waals surface area contributed by atoms with Gasteiger partial charge in [0, 0.05) is 5.56 Å². The number of aryl methyl sites for hydroxylation is 1. The molecule has 4 heteroatoms. The molecule has 0 aliphatic rings. The number of hydrogen-bond donors (Lipinski definition) is 1. The van der Waals surface area contributed by atoms with Gasteiger partial charge in [0.1, 0.15) is 5.82 Å². The van der Waals surface area contributed by atoms with Crippen molar-refractivity contribution in [3.8, 4) is 11.3 Å². The Kier molecular flexibility index (Phi) is 4.10. The van der Waals surface area contributed by atoms with Crippen LogP contribution in [0.15, 0.2) is 30.3 Å². The van der Waals surface area contributed by atoms with E-state index >= 15 is 0 Å². The summed E-state index contributed by atoms with van der Waals surface area (Å²) in [6, 6.07) is 9.81. The zero-order valence-corrected chi connectivity index (χ0v) is 11.6. The molecular formula is C14H14Cl2N2. The number of benzene rings is 1. The van der Waals surface area contributed by atoms with Crippen molar-refractivity contribution in [1.82, 2.24) is 4.98 Å². The molecule has 1 aromatic heterocycles. The second-order valence-corrected chi connectivity index (χ2v) is 4.95. The van der Waals surface area contributed by atoms with Crippen molar-refractivity contribution in [2.45, 2.75) is 19.8 Å². The highest BCUT2D eigenvalue weighted by atomic mass is 35.5. The topological polar surface area (TPSA) is 38.9 Å². The summed E-state index contributed by atoms with van der Waals surface area (Å²) in [4.78, 5) is 4.23. The van der Waals surface area contributed by atoms with Crippen LogP contribution in [0.1, 0.15) is 18.9 Å². The van der Waals surface area contributed by atoms with Gasteiger partial charge in [0.2, 0.25) is 0 Å². The van der Waals surface area contributed by atoms with Gasteiger partial charge in [-0.25, -0.2) is 4.98 Å². The second kappa shape index (κ2) is 5.59. The number of nitrogens with two attached hydrogens (primary N) is 1. The Hall–Kier alpha value is -1.25. The molecule has 0 amide bonds. The Bertz CT molecular complexity index is 550. The molecule has 2 aromatic rings. The van der Waals surface area contributed by atoms with Crippen LogP contribution in [0, 0.1) is 0 Å². The first kappa shape index (κ1) is 13.2. The summed E-state index contributed by atoms with van der Waals surface area (Å²) >= 11 is 12.0. The molecule has 2 rings (SSSR count). The number of halogens is 2. The SMILES string of the molecule is CCCc1ccc(-c2nc(N)c(Cl)cc2Cl)cc1. The molecule has 0 bridgehead atoms. The van der Waals surface area contributed by atoms with Crippen molar-refractivity contribution in [2.24, 2.45) is 0 Å². The zero-order chi connectivity index (χ0) is 13.1. The summed E-state index contributed by atoms with van der Waals surface area (Å²) in [7, 11) is 0. The van der Waals surface area contributed by atoms with Crippen LogP contribution in [0.25, 0.3) is 11.3 Å². The van der Waals surface area contributed by atoms with Crippen LogP contribution in [0.5, 0.6) is 0 Å². The Balaban J connectivity index is 2.39. The number of aromatic nitrogens is 1. The molecule has 0 radical (unpaired) electrons. The number of rotatable bonds is 3. The van der Waals surface area contributed by atoms with Gasteiger partial charge in [0.05, 0.1) is 15.7 Å². The van der Waals surface area contributed by atoms with E-state index in [-0.39, 0.29) is 0 Å². The number of hydrogen-bond acceptors (Lipinski definition) is 2. The van der Waals surface area contributed by atoms with E-state index < -0.39 is 0 Å². The Labute approximate surface area is 117 Å². The number of anilines is 1. The molecule has 0 saturated heterocycles. The lowest BCUT2D eigenvalue weighted by Gasteiger charge is -2.07. The fourth-order valence-electron chi connectivity index (χ4n) is 1.80. The lowest BCUT2D eigenvalue weighted by Crippen LogP contribution is -1.95. The second-order valence-electron chi connectivity index (χ2n) is 4.13. The van der Waals surface area contributed by atoms with Crippen molar-refractivity contribution in [2.75, 3.05) is 5.73 Å². The summed E-state index contributed by atoms with van der Waals surface area (Å²) in [6.45, 7) is 2.16. The van der Waals surface area contributed by atoms with Gasteiger partial charge >= 0.3 is 0 Å². The van der Waals surface area contributed by atoms with E-state index in [1.54, 1.807) is 6.07 Å². The van der Waals surface area contributed by atoms with E-state index in [0.717, 1.165) is 18.4 Å². The van der Waals surface area contributed by atoms with Crippen molar-refractivity contribution in [3.05, 3.63) is 45.9 Å². The molecule has 0 spiro atoms. The molecule has 0 atom stereocenters. The smallest absolute Gasteiger partial charge is 0.143 e. The van der Waals surface area contributed by atoms with E-state index in [1.165, 1.54) is 5.56 Å². The Morgan fingerprint density at radius 1 is 1.11 bits per heavy atom. The van der Waals surface area contributed by atoms with Crippen molar-refractivity contribution in [1.29, 1.82) is 0 Å². The third-order valence-corrected chi connectivity index (χ3v) is 3.31. The van der Waals surface area contributed by atoms with Gasteiger partial charge < -0.3 is 5.73 Å². The minimum absolute atomic E-state index is 0.300. The van der Waals surface area contributed by atoms with Crippen LogP contribution in [0.4, 0.5) is 5.82 Å². The van der Waals surface area contributed by atoms with Crippen LogP contribution in [0.3, 0.4) is 0 Å². The van der Waals surface area contributed by atoms with Gasteiger partial charge in [-0.2, -0.15) is 0 Å². The summed E-state index contributed by atoms with van der Waals surface area (Å²) in [5, 5.41) is 0.892. The van der Waals surface area contributed by atoms with Gasteiger partial charge in [-0.1, -0.05) is 60.8 Å². The summed E-state index contributed by atoms with van der Waals surface area (Å²) < 4.78 is 0. The molecule has 94 valence electrons. The maximum absolute atomic E-state index is 6.13. The van der Waals surface area contributed by atoms with E-state index in [9.17, 15) is 0 Å². The molecule has 0 aliphatic heterocycles. The monoisotopic (exact) mass is 280 g/mol. The van der Waals surface area contributed by atoms with Gasteiger partial charge in [0.15, 0.2) is 0 Å². The molecule has 1 heterocycles. The first-order valence-electron chi connectivity index (χ1n) is 5.82. The third-order valence-electron chi connectivity index (χ3n) is 2.72. The van der Waals surface area contributed by atoms with Crippen LogP contribution >= 0.6 is 23.2 Å². The molecule has 0 fully saturated rings. The zero-order valence-electron chi connectivity index (χ0n) is 10.1. The normalized spacial score (nSPS) is 10.6. The highest BCUT2D eigenvalue weighted by Crippen LogP contribution is 2.31. The quantitative estimate of drug-likeness (QED) is 0.893. The fraction of sp³-hybridized carbons (Fsp3) is 0.214. The van der Waals surface area contributed by atoms with Crippen molar-refractivity contribution >= 4 is 29.0 Å². The summed E-state index contributed by atoms with van der Waals surface area (Å²) in [6.07, 6.45) is 2.20. The van der Waals surface area contributed by atoms with E-state index in [2.05, 4.69) is 24.0 Å². The standard InChI is InChI=1S/C14H14Cl2N2/c1-2-3-9-4-6-10(7-5-9)13-11(15)8-12(16)14(17)18-13/h4-8H,2-3H2,1H3,(H2,17,18). The number of nitrogen functional groups attached to an aromatic ring is 1. The molecular weight excluding hydrogens is 267 g/mol. The van der Waals surface area contributed by atoms with E-state index in [4.69, 9.17) is 28.9 Å². The predicted octanol–water partition coefficient (Wildman–Crippen LogP) is 4.59. The molecule has 0 saturated carbocycles. The lowest BCUT2D eigenvalue weighted by molar-refractivity contribution is 0.922. The maximum atomic E-state index is 6.13. The molecule has 1 aromatic carbocycles. The minimum atomic E-state index is 0.300. The molecule has 2 nitrogen and oxygen atoms in total. The highest BCUT2D eigenvalue weighted by molar-refractivity contribution is 6.37. The van der Waals surface area contributed by atoms with E-state index in [1.807, 2.05) is 12.1 Å². The minimum Gasteiger partial charge on any atom is -0.382 e. The number of pyridine rings is 1. The van der Waals surface area contributed by atoms with Crippen LogP contribution in [0.2, 0.25) is 10.0 Å². The largest absolute Gasteiger partial charge is 0.382 e. The molecule has 2 N–H and O–H groups in total. The van der Waals surface area contributed by atoms with Crippen LogP contribution < -0.4 is 5.73 Å². The third kappa shape index (κ3) is 2.77. The molecule has 18 heavy (non-hydrogen) atoms. The average molecular weight is 281 g/mol. The predicted molar refractivity (Wildman–Crippen MR) is 78.1 cm³/mol. The van der Waals surface area contributed by atoms with Crippen LogP contribution in [-0.4, -0.2) is 4.98 Å². The lowest BCUT2D eigenvalue weighted by atomic mass is 10.1. The highest BCUT2D eigenvalue weighted by Gasteiger charge is 2.09. The van der Waals surface area contributed by atoms with Crippen molar-refractivity contribution < 1.29 is 0 Å². The molecule has 0 aliphatic carbocycles. The van der Waals surface area contributed by atoms with Gasteiger partial charge in [-0.15, -0.1) is 0 Å². The van der Waals surface area contributed by atoms with Gasteiger partial charge in [-0.05, 0) is 18.1 Å². The maximum Gasteiger partial charge on any atom is 0.143 e. The Morgan fingerprint density at radius 3 is 2.39 bits per heavy atom. The Morgan fingerprint density at radius 2 is 1.78 bits per heavy atom. The summed E-state index contributed by atoms with van der Waals surface area (Å²) in [5.41, 5.74) is 8.62. The van der Waals surface area contributed by atoms with E-state index in [0.29, 0.717) is 21.6 Å². The number of nitrogens with zero attached hydrogens (tertiary/aromatic N) is 1. The molecule has 0 unspecified atom stereocenters. The first-order chi connectivity index (χ1) is 8.61. The summed E-state index contributed by atoms with van der Waals surface area (Å²) in [5.74, 6) is 0.300. The van der Waals surface area contributed by atoms with Gasteiger partial charge in [0.25, 0.3) is 0 Å². The van der Waals surface area contributed by atoms with Gasteiger partial charge in [-0.3, -0.25) is 0 Å². The average Bonchev–Trinajstić information content (AvgIpc) is 2.35. The first-order valence-corrected chi connectivity index (χ1v) is 6.58. The fourth-order valence-corrected chi connectivity index (χ4v) is 2.27. The van der Waals surface area contributed by atoms with Crippen LogP contribution in [-0.2, 0) is 6.42 Å².